The lowest BCUT2D eigenvalue weighted by molar-refractivity contribution is -0.137. The zero-order chi connectivity index (χ0) is 12.5. The quantitative estimate of drug-likeness (QED) is 0.733. The second-order valence-corrected chi connectivity index (χ2v) is 5.47. The molecule has 0 aliphatic carbocycles. The van der Waals surface area contributed by atoms with Gasteiger partial charge in [0.2, 0.25) is 11.8 Å². The minimum atomic E-state index is -0.935. The maximum Gasteiger partial charge on any atom is 0.316 e. The molecule has 0 aromatic carbocycles. The van der Waals surface area contributed by atoms with Crippen molar-refractivity contribution in [1.82, 2.24) is 4.90 Å². The number of imide groups is 1. The summed E-state index contributed by atoms with van der Waals surface area (Å²) in [5.74, 6) is -1.54. The Hall–Kier alpha value is -1.04. The molecular weight excluding hydrogens is 230 g/mol. The molecule has 5 nitrogen and oxygen atoms in total. The molecule has 1 fully saturated rings. The number of carboxylic acid groups (broad SMARTS) is 1. The van der Waals surface area contributed by atoms with Crippen molar-refractivity contribution >= 4 is 29.5 Å². The Morgan fingerprint density at radius 2 is 2.06 bits per heavy atom. The maximum atomic E-state index is 11.6. The first kappa shape index (κ1) is 13.0. The van der Waals surface area contributed by atoms with Gasteiger partial charge in [0.25, 0.3) is 0 Å². The molecule has 0 aromatic rings. The minimum absolute atomic E-state index is 0.0729. The second-order valence-electron chi connectivity index (χ2n) is 4.12. The highest BCUT2D eigenvalue weighted by atomic mass is 32.2. The van der Waals surface area contributed by atoms with E-state index in [1.54, 1.807) is 13.8 Å². The molecule has 0 bridgehead atoms. The summed E-state index contributed by atoms with van der Waals surface area (Å²) in [6.45, 7) is 3.58. The lowest BCUT2D eigenvalue weighted by Gasteiger charge is -2.18. The molecule has 0 saturated carbocycles. The number of thioether (sulfide) groups is 1. The molecule has 6 heteroatoms. The largest absolute Gasteiger partial charge is 0.480 e. The standard InChI is InChI=1S/C10H15NO4S/c1-5(2)8(10(14)15)16-6-4-7(12)11(3)9(6)13/h5-6,8H,4H2,1-3H3,(H,14,15). The monoisotopic (exact) mass is 245 g/mol. The average molecular weight is 245 g/mol. The summed E-state index contributed by atoms with van der Waals surface area (Å²) < 4.78 is 0. The molecule has 16 heavy (non-hydrogen) atoms. The summed E-state index contributed by atoms with van der Waals surface area (Å²) in [5, 5.41) is 7.81. The van der Waals surface area contributed by atoms with Crippen molar-refractivity contribution in [2.75, 3.05) is 7.05 Å². The van der Waals surface area contributed by atoms with E-state index >= 15 is 0 Å². The van der Waals surface area contributed by atoms with Crippen LogP contribution in [-0.2, 0) is 14.4 Å². The van der Waals surface area contributed by atoms with Crippen molar-refractivity contribution in [2.24, 2.45) is 5.92 Å². The van der Waals surface area contributed by atoms with Gasteiger partial charge in [0.1, 0.15) is 5.25 Å². The smallest absolute Gasteiger partial charge is 0.316 e. The van der Waals surface area contributed by atoms with E-state index in [0.717, 1.165) is 16.7 Å². The Labute approximate surface area is 98.2 Å². The highest BCUT2D eigenvalue weighted by Gasteiger charge is 2.39. The van der Waals surface area contributed by atoms with Gasteiger partial charge >= 0.3 is 5.97 Å². The number of nitrogens with zero attached hydrogens (tertiary/aromatic N) is 1. The highest BCUT2D eigenvalue weighted by Crippen LogP contribution is 2.31. The molecule has 0 spiro atoms. The SMILES string of the molecule is CC(C)C(SC1CC(=O)N(C)C1=O)C(=O)O. The third-order valence-corrected chi connectivity index (χ3v) is 4.24. The first-order chi connectivity index (χ1) is 7.34. The van der Waals surface area contributed by atoms with E-state index < -0.39 is 16.5 Å². The van der Waals surface area contributed by atoms with Gasteiger partial charge in [-0.1, -0.05) is 13.8 Å². The molecule has 2 atom stereocenters. The minimum Gasteiger partial charge on any atom is -0.480 e. The van der Waals surface area contributed by atoms with E-state index in [-0.39, 0.29) is 24.2 Å². The number of hydrogen-bond donors (Lipinski definition) is 1. The Morgan fingerprint density at radius 3 is 2.38 bits per heavy atom. The number of hydrogen-bond acceptors (Lipinski definition) is 4. The summed E-state index contributed by atoms with van der Waals surface area (Å²) >= 11 is 1.07. The van der Waals surface area contributed by atoms with Crippen LogP contribution in [0.1, 0.15) is 20.3 Å². The molecule has 1 heterocycles. The van der Waals surface area contributed by atoms with Crippen LogP contribution in [0.2, 0.25) is 0 Å². The first-order valence-electron chi connectivity index (χ1n) is 5.03. The van der Waals surface area contributed by atoms with Gasteiger partial charge in [-0.2, -0.15) is 0 Å². The number of carboxylic acids is 1. The van der Waals surface area contributed by atoms with Crippen LogP contribution >= 0.6 is 11.8 Å². The number of likely N-dealkylation sites (tertiary alicyclic amines) is 1. The fraction of sp³-hybridized carbons (Fsp3) is 0.700. The van der Waals surface area contributed by atoms with Crippen LogP contribution in [0.3, 0.4) is 0 Å². The number of carbonyl (C=O) groups is 3. The van der Waals surface area contributed by atoms with Gasteiger partial charge in [0.05, 0.1) is 5.25 Å². The molecule has 1 saturated heterocycles. The average Bonchev–Trinajstić information content (AvgIpc) is 2.41. The van der Waals surface area contributed by atoms with Crippen molar-refractivity contribution in [3.8, 4) is 0 Å². The van der Waals surface area contributed by atoms with E-state index in [1.807, 2.05) is 0 Å². The van der Waals surface area contributed by atoms with Crippen LogP contribution in [0.25, 0.3) is 0 Å². The van der Waals surface area contributed by atoms with Crippen LogP contribution in [0.5, 0.6) is 0 Å². The van der Waals surface area contributed by atoms with E-state index in [1.165, 1.54) is 7.05 Å². The van der Waals surface area contributed by atoms with Gasteiger partial charge in [0, 0.05) is 13.5 Å². The third-order valence-electron chi connectivity index (χ3n) is 2.50. The first-order valence-corrected chi connectivity index (χ1v) is 5.97. The molecule has 90 valence electrons. The Balaban J connectivity index is 2.70. The molecule has 0 aromatic heterocycles. The molecule has 0 radical (unpaired) electrons. The van der Waals surface area contributed by atoms with Gasteiger partial charge in [-0.3, -0.25) is 19.3 Å². The molecule has 1 aliphatic rings. The van der Waals surface area contributed by atoms with Crippen LogP contribution in [-0.4, -0.2) is 45.3 Å². The maximum absolute atomic E-state index is 11.6. The number of amides is 2. The number of aliphatic carboxylic acids is 1. The fourth-order valence-electron chi connectivity index (χ4n) is 1.51. The number of rotatable bonds is 4. The molecule has 1 rings (SSSR count). The zero-order valence-electron chi connectivity index (χ0n) is 9.47. The fourth-order valence-corrected chi connectivity index (χ4v) is 2.80. The van der Waals surface area contributed by atoms with Gasteiger partial charge in [0.15, 0.2) is 0 Å². The van der Waals surface area contributed by atoms with Crippen molar-refractivity contribution in [1.29, 1.82) is 0 Å². The highest BCUT2D eigenvalue weighted by molar-refractivity contribution is 8.01. The van der Waals surface area contributed by atoms with Crippen LogP contribution in [0, 0.1) is 5.92 Å². The van der Waals surface area contributed by atoms with Gasteiger partial charge in [-0.15, -0.1) is 11.8 Å². The topological polar surface area (TPSA) is 74.7 Å². The van der Waals surface area contributed by atoms with Crippen molar-refractivity contribution in [3.63, 3.8) is 0 Å². The number of carbonyl (C=O) groups excluding carboxylic acids is 2. The van der Waals surface area contributed by atoms with Crippen LogP contribution in [0.15, 0.2) is 0 Å². The lowest BCUT2D eigenvalue weighted by atomic mass is 10.1. The Morgan fingerprint density at radius 1 is 1.50 bits per heavy atom. The van der Waals surface area contributed by atoms with Gasteiger partial charge in [-0.25, -0.2) is 0 Å². The normalized spacial score (nSPS) is 23.0. The van der Waals surface area contributed by atoms with Gasteiger partial charge in [-0.05, 0) is 5.92 Å². The Bertz CT molecular complexity index is 329. The summed E-state index contributed by atoms with van der Waals surface area (Å²) in [6.07, 6.45) is 0.108. The van der Waals surface area contributed by atoms with Crippen molar-refractivity contribution < 1.29 is 19.5 Å². The summed E-state index contributed by atoms with van der Waals surface area (Å²) in [7, 11) is 1.43. The Kier molecular flexibility index (Phi) is 3.96. The summed E-state index contributed by atoms with van der Waals surface area (Å²) in [6, 6.07) is 0. The van der Waals surface area contributed by atoms with E-state index in [2.05, 4.69) is 0 Å². The van der Waals surface area contributed by atoms with E-state index in [9.17, 15) is 14.4 Å². The molecule has 2 amide bonds. The third kappa shape index (κ3) is 2.55. The van der Waals surface area contributed by atoms with Crippen LogP contribution in [0.4, 0.5) is 0 Å². The summed E-state index contributed by atoms with van der Waals surface area (Å²) in [4.78, 5) is 34.9. The zero-order valence-corrected chi connectivity index (χ0v) is 10.3. The van der Waals surface area contributed by atoms with Crippen molar-refractivity contribution in [3.05, 3.63) is 0 Å². The second kappa shape index (κ2) is 4.86. The predicted octanol–water partition coefficient (Wildman–Crippen LogP) is 0.586. The van der Waals surface area contributed by atoms with E-state index in [4.69, 9.17) is 5.11 Å². The molecule has 2 unspecified atom stereocenters. The lowest BCUT2D eigenvalue weighted by Crippen LogP contribution is -2.30. The van der Waals surface area contributed by atoms with Crippen molar-refractivity contribution in [2.45, 2.75) is 30.8 Å². The van der Waals surface area contributed by atoms with Gasteiger partial charge < -0.3 is 5.11 Å². The predicted molar refractivity (Wildman–Crippen MR) is 60.0 cm³/mol. The van der Waals surface area contributed by atoms with Crippen LogP contribution < -0.4 is 0 Å². The molecule has 1 N–H and O–H groups in total. The molecular formula is C10H15NO4S. The van der Waals surface area contributed by atoms with E-state index in [0.29, 0.717) is 0 Å². The molecule has 1 aliphatic heterocycles. The summed E-state index contributed by atoms with van der Waals surface area (Å²) in [5.41, 5.74) is 0.